The fraction of sp³-hybridized carbons (Fsp3) is 0.538. The Labute approximate surface area is 91.4 Å². The Bertz CT molecular complexity index is 361. The summed E-state index contributed by atoms with van der Waals surface area (Å²) in [5.74, 6) is 0.838. The van der Waals surface area contributed by atoms with Crippen molar-refractivity contribution in [2.24, 2.45) is 0 Å². The lowest BCUT2D eigenvalue weighted by atomic mass is 9.87. The lowest BCUT2D eigenvalue weighted by Gasteiger charge is -2.20. The van der Waals surface area contributed by atoms with E-state index in [0.717, 1.165) is 11.4 Å². The van der Waals surface area contributed by atoms with E-state index in [1.165, 1.54) is 18.4 Å². The summed E-state index contributed by atoms with van der Waals surface area (Å²) in [4.78, 5) is 0. The molecule has 2 N–H and O–H groups in total. The highest BCUT2D eigenvalue weighted by atomic mass is 16.5. The zero-order valence-electron chi connectivity index (χ0n) is 9.71. The first-order valence-electron chi connectivity index (χ1n) is 5.53. The number of nitrogens with two attached hydrogens (primary N) is 1. The molecule has 0 heterocycles. The van der Waals surface area contributed by atoms with Gasteiger partial charge in [0.2, 0.25) is 0 Å². The van der Waals surface area contributed by atoms with Crippen molar-refractivity contribution < 1.29 is 4.74 Å². The monoisotopic (exact) mass is 205 g/mol. The Morgan fingerprint density at radius 2 is 1.93 bits per heavy atom. The Kier molecular flexibility index (Phi) is 2.37. The molecule has 1 aliphatic carbocycles. The molecule has 1 aromatic carbocycles. The molecule has 0 unspecified atom stereocenters. The fourth-order valence-electron chi connectivity index (χ4n) is 1.49. The highest BCUT2D eigenvalue weighted by Crippen LogP contribution is 2.33. The second-order valence-electron chi connectivity index (χ2n) is 5.32. The van der Waals surface area contributed by atoms with E-state index in [9.17, 15) is 0 Å². The van der Waals surface area contributed by atoms with Gasteiger partial charge in [0.25, 0.3) is 0 Å². The van der Waals surface area contributed by atoms with E-state index in [-0.39, 0.29) is 5.41 Å². The van der Waals surface area contributed by atoms with Crippen LogP contribution in [0.3, 0.4) is 0 Å². The highest BCUT2D eigenvalue weighted by molar-refractivity contribution is 5.55. The van der Waals surface area contributed by atoms with Crippen LogP contribution in [-0.2, 0) is 5.41 Å². The molecule has 0 aromatic heterocycles. The molecule has 15 heavy (non-hydrogen) atoms. The van der Waals surface area contributed by atoms with Gasteiger partial charge in [0.05, 0.1) is 11.8 Å². The van der Waals surface area contributed by atoms with Gasteiger partial charge in [-0.15, -0.1) is 0 Å². The van der Waals surface area contributed by atoms with Crippen molar-refractivity contribution in [2.45, 2.75) is 45.1 Å². The van der Waals surface area contributed by atoms with Crippen LogP contribution in [0, 0.1) is 0 Å². The van der Waals surface area contributed by atoms with Gasteiger partial charge in [-0.1, -0.05) is 26.8 Å². The molecule has 82 valence electrons. The molecule has 0 aliphatic heterocycles. The summed E-state index contributed by atoms with van der Waals surface area (Å²) >= 11 is 0. The number of hydrogen-bond donors (Lipinski definition) is 1. The molecule has 2 rings (SSSR count). The highest BCUT2D eigenvalue weighted by Gasteiger charge is 2.24. The standard InChI is InChI=1S/C13H19NO/c1-13(2,3)9-4-7-12(11(14)8-9)15-10-5-6-10/h4,7-8,10H,5-6,14H2,1-3H3. The van der Waals surface area contributed by atoms with Crippen LogP contribution in [0.15, 0.2) is 18.2 Å². The van der Waals surface area contributed by atoms with E-state index in [1.54, 1.807) is 0 Å². The molecular formula is C13H19NO. The maximum Gasteiger partial charge on any atom is 0.142 e. The van der Waals surface area contributed by atoms with Crippen molar-refractivity contribution in [3.8, 4) is 5.75 Å². The van der Waals surface area contributed by atoms with Crippen molar-refractivity contribution in [3.63, 3.8) is 0 Å². The quantitative estimate of drug-likeness (QED) is 0.753. The Balaban J connectivity index is 2.21. The maximum atomic E-state index is 5.97. The van der Waals surface area contributed by atoms with Crippen LogP contribution in [0.4, 0.5) is 5.69 Å². The predicted octanol–water partition coefficient (Wildman–Crippen LogP) is 3.11. The molecule has 0 radical (unpaired) electrons. The third-order valence-electron chi connectivity index (χ3n) is 2.69. The molecule has 2 nitrogen and oxygen atoms in total. The summed E-state index contributed by atoms with van der Waals surface area (Å²) in [7, 11) is 0. The largest absolute Gasteiger partial charge is 0.488 e. The van der Waals surface area contributed by atoms with Crippen molar-refractivity contribution in [3.05, 3.63) is 23.8 Å². The zero-order chi connectivity index (χ0) is 11.1. The first-order chi connectivity index (χ1) is 6.97. The zero-order valence-corrected chi connectivity index (χ0v) is 9.71. The summed E-state index contributed by atoms with van der Waals surface area (Å²) in [5, 5.41) is 0. The Morgan fingerprint density at radius 3 is 2.40 bits per heavy atom. The Hall–Kier alpha value is -1.18. The topological polar surface area (TPSA) is 35.2 Å². The van der Waals surface area contributed by atoms with Crippen LogP contribution in [0.5, 0.6) is 5.75 Å². The van der Waals surface area contributed by atoms with Crippen LogP contribution >= 0.6 is 0 Å². The Morgan fingerprint density at radius 1 is 1.27 bits per heavy atom. The summed E-state index contributed by atoms with van der Waals surface area (Å²) in [6.07, 6.45) is 2.74. The second kappa shape index (κ2) is 3.44. The van der Waals surface area contributed by atoms with Crippen molar-refractivity contribution in [1.29, 1.82) is 0 Å². The van der Waals surface area contributed by atoms with Crippen LogP contribution < -0.4 is 10.5 Å². The number of anilines is 1. The maximum absolute atomic E-state index is 5.97. The smallest absolute Gasteiger partial charge is 0.142 e. The van der Waals surface area contributed by atoms with Gasteiger partial charge < -0.3 is 10.5 Å². The predicted molar refractivity (Wildman–Crippen MR) is 63.2 cm³/mol. The average Bonchev–Trinajstić information content (AvgIpc) is 2.90. The average molecular weight is 205 g/mol. The van der Waals surface area contributed by atoms with E-state index in [1.807, 2.05) is 12.1 Å². The van der Waals surface area contributed by atoms with E-state index in [4.69, 9.17) is 10.5 Å². The SMILES string of the molecule is CC(C)(C)c1ccc(OC2CC2)c(N)c1. The third-order valence-corrected chi connectivity index (χ3v) is 2.69. The molecule has 0 spiro atoms. The molecule has 1 aromatic rings. The number of benzene rings is 1. The number of hydrogen-bond acceptors (Lipinski definition) is 2. The molecule has 2 heteroatoms. The van der Waals surface area contributed by atoms with Crippen LogP contribution in [0.25, 0.3) is 0 Å². The van der Waals surface area contributed by atoms with Gasteiger partial charge in [-0.3, -0.25) is 0 Å². The lowest BCUT2D eigenvalue weighted by Crippen LogP contribution is -2.11. The van der Waals surface area contributed by atoms with Crippen LogP contribution in [-0.4, -0.2) is 6.10 Å². The van der Waals surface area contributed by atoms with Gasteiger partial charge in [0.1, 0.15) is 5.75 Å². The van der Waals surface area contributed by atoms with Gasteiger partial charge in [0, 0.05) is 0 Å². The number of nitrogen functional groups attached to an aromatic ring is 1. The van der Waals surface area contributed by atoms with Gasteiger partial charge in [-0.2, -0.15) is 0 Å². The van der Waals surface area contributed by atoms with E-state index in [2.05, 4.69) is 26.8 Å². The minimum absolute atomic E-state index is 0.145. The first kappa shape index (κ1) is 10.3. The summed E-state index contributed by atoms with van der Waals surface area (Å²) < 4.78 is 5.70. The van der Waals surface area contributed by atoms with Crippen molar-refractivity contribution in [2.75, 3.05) is 5.73 Å². The lowest BCUT2D eigenvalue weighted by molar-refractivity contribution is 0.304. The van der Waals surface area contributed by atoms with E-state index in [0.29, 0.717) is 6.10 Å². The van der Waals surface area contributed by atoms with Crippen molar-refractivity contribution >= 4 is 5.69 Å². The molecule has 1 fully saturated rings. The van der Waals surface area contributed by atoms with Gasteiger partial charge in [-0.05, 0) is 36.0 Å². The van der Waals surface area contributed by atoms with Gasteiger partial charge in [-0.25, -0.2) is 0 Å². The van der Waals surface area contributed by atoms with Crippen molar-refractivity contribution in [1.82, 2.24) is 0 Å². The molecule has 1 saturated carbocycles. The molecular weight excluding hydrogens is 186 g/mol. The van der Waals surface area contributed by atoms with E-state index < -0.39 is 0 Å². The summed E-state index contributed by atoms with van der Waals surface area (Å²) in [6, 6.07) is 6.13. The third kappa shape index (κ3) is 2.44. The van der Waals surface area contributed by atoms with E-state index >= 15 is 0 Å². The minimum Gasteiger partial charge on any atom is -0.488 e. The molecule has 0 amide bonds. The number of rotatable bonds is 2. The minimum atomic E-state index is 0.145. The van der Waals surface area contributed by atoms with Gasteiger partial charge >= 0.3 is 0 Å². The first-order valence-corrected chi connectivity index (χ1v) is 5.53. The summed E-state index contributed by atoms with van der Waals surface area (Å²) in [6.45, 7) is 6.55. The molecule has 1 aliphatic rings. The second-order valence-corrected chi connectivity index (χ2v) is 5.32. The van der Waals surface area contributed by atoms with Crippen LogP contribution in [0.2, 0.25) is 0 Å². The van der Waals surface area contributed by atoms with Gasteiger partial charge in [0.15, 0.2) is 0 Å². The fourth-order valence-corrected chi connectivity index (χ4v) is 1.49. The normalized spacial score (nSPS) is 16.5. The molecule has 0 bridgehead atoms. The number of ether oxygens (including phenoxy) is 1. The molecule has 0 saturated heterocycles. The molecule has 0 atom stereocenters. The van der Waals surface area contributed by atoms with Crippen LogP contribution in [0.1, 0.15) is 39.2 Å². The summed E-state index contributed by atoms with van der Waals surface area (Å²) in [5.41, 5.74) is 8.13.